The highest BCUT2D eigenvalue weighted by atomic mass is 16.6. The van der Waals surface area contributed by atoms with Crippen LogP contribution in [0.3, 0.4) is 0 Å². The van der Waals surface area contributed by atoms with Crippen molar-refractivity contribution in [2.75, 3.05) is 19.6 Å². The highest BCUT2D eigenvalue weighted by molar-refractivity contribution is 5.74. The van der Waals surface area contributed by atoms with Crippen molar-refractivity contribution in [2.24, 2.45) is 0 Å². The molecule has 1 aliphatic rings. The standard InChI is InChI=1S/C20H31N3O3/c1-15-8-5-6-9-16(15)11-12-21-18(24)23-13-7-10-17(14-23)22-19(25)26-20(2,3)4/h5-6,8-9,17H,7,10-14H2,1-4H3,(H,21,24)(H,22,25). The van der Waals surface area contributed by atoms with Gasteiger partial charge in [-0.1, -0.05) is 24.3 Å². The molecular weight excluding hydrogens is 330 g/mol. The van der Waals surface area contributed by atoms with E-state index in [1.165, 1.54) is 11.1 Å². The molecule has 1 aromatic rings. The van der Waals surface area contributed by atoms with Crippen LogP contribution in [0.4, 0.5) is 9.59 Å². The summed E-state index contributed by atoms with van der Waals surface area (Å²) in [6.07, 6.45) is 2.10. The predicted molar refractivity (Wildman–Crippen MR) is 102 cm³/mol. The largest absolute Gasteiger partial charge is 0.444 e. The lowest BCUT2D eigenvalue weighted by molar-refractivity contribution is 0.0479. The second-order valence-electron chi connectivity index (χ2n) is 7.84. The minimum atomic E-state index is -0.522. The van der Waals surface area contributed by atoms with Crippen LogP contribution in [0.1, 0.15) is 44.7 Å². The van der Waals surface area contributed by atoms with Crippen molar-refractivity contribution in [3.8, 4) is 0 Å². The molecule has 0 aliphatic carbocycles. The van der Waals surface area contributed by atoms with Crippen LogP contribution in [0, 0.1) is 6.92 Å². The molecule has 0 bridgehead atoms. The predicted octanol–water partition coefficient (Wildman–Crippen LogP) is 3.24. The van der Waals surface area contributed by atoms with E-state index in [0.717, 1.165) is 19.3 Å². The lowest BCUT2D eigenvalue weighted by Crippen LogP contribution is -2.53. The number of nitrogens with zero attached hydrogens (tertiary/aromatic N) is 1. The molecule has 3 amide bonds. The van der Waals surface area contributed by atoms with Crippen LogP contribution in [0.5, 0.6) is 0 Å². The van der Waals surface area contributed by atoms with E-state index in [2.05, 4.69) is 29.7 Å². The fourth-order valence-electron chi connectivity index (χ4n) is 3.06. The zero-order chi connectivity index (χ0) is 19.2. The number of ether oxygens (including phenoxy) is 1. The number of urea groups is 1. The summed E-state index contributed by atoms with van der Waals surface area (Å²) < 4.78 is 5.29. The summed E-state index contributed by atoms with van der Waals surface area (Å²) in [5.74, 6) is 0. The van der Waals surface area contributed by atoms with Crippen molar-refractivity contribution in [2.45, 2.75) is 58.6 Å². The van der Waals surface area contributed by atoms with Crippen molar-refractivity contribution in [3.05, 3.63) is 35.4 Å². The van der Waals surface area contributed by atoms with E-state index >= 15 is 0 Å². The molecule has 6 heteroatoms. The lowest BCUT2D eigenvalue weighted by Gasteiger charge is -2.33. The van der Waals surface area contributed by atoms with Gasteiger partial charge in [0.15, 0.2) is 0 Å². The average molecular weight is 361 g/mol. The van der Waals surface area contributed by atoms with Gasteiger partial charge in [0.05, 0.1) is 0 Å². The van der Waals surface area contributed by atoms with Gasteiger partial charge < -0.3 is 20.3 Å². The van der Waals surface area contributed by atoms with Gasteiger partial charge in [0, 0.05) is 25.7 Å². The Morgan fingerprint density at radius 2 is 2.00 bits per heavy atom. The Morgan fingerprint density at radius 3 is 2.69 bits per heavy atom. The van der Waals surface area contributed by atoms with Gasteiger partial charge in [-0.05, 0) is 58.1 Å². The molecule has 1 fully saturated rings. The smallest absolute Gasteiger partial charge is 0.407 e. The van der Waals surface area contributed by atoms with E-state index in [9.17, 15) is 9.59 Å². The molecular formula is C20H31N3O3. The number of carbonyl (C=O) groups excluding carboxylic acids is 2. The molecule has 1 heterocycles. The number of alkyl carbamates (subject to hydrolysis) is 1. The number of hydrogen-bond donors (Lipinski definition) is 2. The zero-order valence-electron chi connectivity index (χ0n) is 16.3. The molecule has 2 N–H and O–H groups in total. The molecule has 1 aliphatic heterocycles. The Hall–Kier alpha value is -2.24. The molecule has 1 unspecified atom stereocenters. The molecule has 1 saturated heterocycles. The van der Waals surface area contributed by atoms with Gasteiger partial charge in [-0.2, -0.15) is 0 Å². The third-order valence-corrected chi connectivity index (χ3v) is 4.36. The van der Waals surface area contributed by atoms with Gasteiger partial charge >= 0.3 is 12.1 Å². The van der Waals surface area contributed by atoms with Crippen LogP contribution >= 0.6 is 0 Å². The first-order valence-electron chi connectivity index (χ1n) is 9.31. The molecule has 0 radical (unpaired) electrons. The first-order valence-corrected chi connectivity index (χ1v) is 9.31. The summed E-state index contributed by atoms with van der Waals surface area (Å²) in [7, 11) is 0. The normalized spacial score (nSPS) is 17.5. The Balaban J connectivity index is 1.76. The number of amides is 3. The second-order valence-corrected chi connectivity index (χ2v) is 7.84. The summed E-state index contributed by atoms with van der Waals surface area (Å²) in [6, 6.07) is 8.05. The molecule has 1 aromatic carbocycles. The van der Waals surface area contributed by atoms with E-state index in [1.807, 2.05) is 32.9 Å². The zero-order valence-corrected chi connectivity index (χ0v) is 16.3. The van der Waals surface area contributed by atoms with Gasteiger partial charge in [0.2, 0.25) is 0 Å². The highest BCUT2D eigenvalue weighted by Crippen LogP contribution is 2.13. The molecule has 0 saturated carbocycles. The summed E-state index contributed by atoms with van der Waals surface area (Å²) in [6.45, 7) is 9.40. The third-order valence-electron chi connectivity index (χ3n) is 4.36. The SMILES string of the molecule is Cc1ccccc1CCNC(=O)N1CCCC(NC(=O)OC(C)(C)C)C1. The van der Waals surface area contributed by atoms with E-state index in [0.29, 0.717) is 19.6 Å². The lowest BCUT2D eigenvalue weighted by atomic mass is 10.1. The minimum absolute atomic E-state index is 0.0688. The maximum Gasteiger partial charge on any atom is 0.407 e. The number of piperidine rings is 1. The summed E-state index contributed by atoms with van der Waals surface area (Å²) >= 11 is 0. The van der Waals surface area contributed by atoms with Crippen molar-refractivity contribution in [1.29, 1.82) is 0 Å². The van der Waals surface area contributed by atoms with Gasteiger partial charge in [-0.15, -0.1) is 0 Å². The van der Waals surface area contributed by atoms with Gasteiger partial charge in [0.25, 0.3) is 0 Å². The maximum absolute atomic E-state index is 12.4. The van der Waals surface area contributed by atoms with Crippen molar-refractivity contribution < 1.29 is 14.3 Å². The molecule has 144 valence electrons. The number of nitrogens with one attached hydrogen (secondary N) is 2. The second kappa shape index (κ2) is 8.92. The van der Waals surface area contributed by atoms with E-state index < -0.39 is 11.7 Å². The number of rotatable bonds is 4. The van der Waals surface area contributed by atoms with Crippen LogP contribution in [0.15, 0.2) is 24.3 Å². The number of benzene rings is 1. The number of likely N-dealkylation sites (tertiary alicyclic amines) is 1. The van der Waals surface area contributed by atoms with Crippen LogP contribution in [-0.2, 0) is 11.2 Å². The Bertz CT molecular complexity index is 625. The number of hydrogen-bond acceptors (Lipinski definition) is 3. The first kappa shape index (κ1) is 20.1. The molecule has 0 aromatic heterocycles. The van der Waals surface area contributed by atoms with E-state index in [1.54, 1.807) is 4.90 Å². The van der Waals surface area contributed by atoms with E-state index in [4.69, 9.17) is 4.74 Å². The number of aryl methyl sites for hydroxylation is 1. The molecule has 6 nitrogen and oxygen atoms in total. The Labute approximate surface area is 156 Å². The molecule has 1 atom stereocenters. The minimum Gasteiger partial charge on any atom is -0.444 e. The summed E-state index contributed by atoms with van der Waals surface area (Å²) in [5.41, 5.74) is 1.96. The maximum atomic E-state index is 12.4. The van der Waals surface area contributed by atoms with E-state index in [-0.39, 0.29) is 12.1 Å². The molecule has 26 heavy (non-hydrogen) atoms. The van der Waals surface area contributed by atoms with Crippen LogP contribution < -0.4 is 10.6 Å². The third kappa shape index (κ3) is 6.58. The molecule has 2 rings (SSSR count). The van der Waals surface area contributed by atoms with Crippen LogP contribution in [0.2, 0.25) is 0 Å². The topological polar surface area (TPSA) is 70.7 Å². The quantitative estimate of drug-likeness (QED) is 0.865. The van der Waals surface area contributed by atoms with Gasteiger partial charge in [0.1, 0.15) is 5.60 Å². The summed E-state index contributed by atoms with van der Waals surface area (Å²) in [4.78, 5) is 26.1. The first-order chi connectivity index (χ1) is 12.2. The van der Waals surface area contributed by atoms with Crippen molar-refractivity contribution >= 4 is 12.1 Å². The Morgan fingerprint density at radius 1 is 1.27 bits per heavy atom. The molecule has 0 spiro atoms. The van der Waals surface area contributed by atoms with Gasteiger partial charge in [-0.3, -0.25) is 0 Å². The summed E-state index contributed by atoms with van der Waals surface area (Å²) in [5, 5.41) is 5.85. The van der Waals surface area contributed by atoms with Crippen LogP contribution in [0.25, 0.3) is 0 Å². The van der Waals surface area contributed by atoms with Crippen molar-refractivity contribution in [1.82, 2.24) is 15.5 Å². The highest BCUT2D eigenvalue weighted by Gasteiger charge is 2.26. The van der Waals surface area contributed by atoms with Gasteiger partial charge in [-0.25, -0.2) is 9.59 Å². The Kier molecular flexibility index (Phi) is 6.89. The fraction of sp³-hybridized carbons (Fsp3) is 0.600. The number of carbonyl (C=O) groups is 2. The fourth-order valence-corrected chi connectivity index (χ4v) is 3.06. The average Bonchev–Trinajstić information content (AvgIpc) is 2.55. The van der Waals surface area contributed by atoms with Crippen LogP contribution in [-0.4, -0.2) is 48.3 Å². The van der Waals surface area contributed by atoms with Crippen molar-refractivity contribution in [3.63, 3.8) is 0 Å². The monoisotopic (exact) mass is 361 g/mol.